The predicted octanol–water partition coefficient (Wildman–Crippen LogP) is 1.14. The number of nitrogens with two attached hydrogens (primary N) is 1. The molecule has 0 spiro atoms. The molecule has 1 amide bonds. The highest BCUT2D eigenvalue weighted by Crippen LogP contribution is 2.25. The number of ether oxygens (including phenoxy) is 2. The highest BCUT2D eigenvalue weighted by Gasteiger charge is 2.15. The quantitative estimate of drug-likeness (QED) is 0.437. The second-order valence-electron chi connectivity index (χ2n) is 2.51. The van der Waals surface area contributed by atoms with Gasteiger partial charge in [-0.15, -0.1) is 0 Å². The molecular formula is C9H12N2O3. The molecule has 0 unspecified atom stereocenters. The summed E-state index contributed by atoms with van der Waals surface area (Å²) in [5.41, 5.74) is 0.460. The number of anilines is 1. The molecule has 0 atom stereocenters. The monoisotopic (exact) mass is 196 g/mol. The molecule has 76 valence electrons. The van der Waals surface area contributed by atoms with Crippen molar-refractivity contribution in [2.24, 2.45) is 5.84 Å². The lowest BCUT2D eigenvalue weighted by molar-refractivity contribution is 0.178. The molecule has 0 radical (unpaired) electrons. The number of para-hydroxylation sites is 2. The number of hydrogen-bond acceptors (Lipinski definition) is 4. The van der Waals surface area contributed by atoms with Crippen molar-refractivity contribution in [3.8, 4) is 5.75 Å². The van der Waals surface area contributed by atoms with E-state index in [1.807, 2.05) is 0 Å². The van der Waals surface area contributed by atoms with Crippen LogP contribution in [0.1, 0.15) is 0 Å². The van der Waals surface area contributed by atoms with Crippen molar-refractivity contribution in [3.05, 3.63) is 24.3 Å². The maximum atomic E-state index is 11.1. The Hall–Kier alpha value is -1.75. The van der Waals surface area contributed by atoms with Crippen LogP contribution in [0.2, 0.25) is 0 Å². The molecule has 0 aliphatic rings. The van der Waals surface area contributed by atoms with Gasteiger partial charge in [-0.2, -0.15) is 0 Å². The molecule has 14 heavy (non-hydrogen) atoms. The molecule has 1 aromatic rings. The van der Waals surface area contributed by atoms with Gasteiger partial charge in [0.15, 0.2) is 0 Å². The summed E-state index contributed by atoms with van der Waals surface area (Å²) in [5, 5.41) is 0.888. The highest BCUT2D eigenvalue weighted by atomic mass is 16.5. The first-order valence-corrected chi connectivity index (χ1v) is 3.96. The molecule has 0 fully saturated rings. The molecule has 0 aliphatic carbocycles. The van der Waals surface area contributed by atoms with E-state index in [4.69, 9.17) is 10.6 Å². The number of methoxy groups -OCH3 is 2. The molecule has 1 rings (SSSR count). The topological polar surface area (TPSA) is 64.8 Å². The average molecular weight is 196 g/mol. The zero-order valence-electron chi connectivity index (χ0n) is 8.06. The van der Waals surface area contributed by atoms with Crippen LogP contribution in [0, 0.1) is 0 Å². The predicted molar refractivity (Wildman–Crippen MR) is 52.1 cm³/mol. The lowest BCUT2D eigenvalue weighted by Crippen LogP contribution is -2.37. The van der Waals surface area contributed by atoms with Crippen LogP contribution < -0.4 is 15.6 Å². The normalized spacial score (nSPS) is 9.36. The first-order valence-electron chi connectivity index (χ1n) is 3.96. The van der Waals surface area contributed by atoms with Gasteiger partial charge in [-0.25, -0.2) is 15.6 Å². The first kappa shape index (κ1) is 10.3. The number of hydrazine groups is 1. The van der Waals surface area contributed by atoms with Gasteiger partial charge in [-0.3, -0.25) is 0 Å². The molecule has 1 aromatic carbocycles. The number of nitrogens with zero attached hydrogens (tertiary/aromatic N) is 1. The largest absolute Gasteiger partial charge is 0.495 e. The van der Waals surface area contributed by atoms with Crippen LogP contribution in [0.15, 0.2) is 24.3 Å². The zero-order chi connectivity index (χ0) is 10.6. The number of carbonyl (C=O) groups excluding carboxylic acids is 1. The molecular weight excluding hydrogens is 184 g/mol. The third kappa shape index (κ3) is 1.94. The van der Waals surface area contributed by atoms with E-state index in [0.717, 1.165) is 5.01 Å². The van der Waals surface area contributed by atoms with Crippen molar-refractivity contribution >= 4 is 11.8 Å². The third-order valence-corrected chi connectivity index (χ3v) is 1.72. The lowest BCUT2D eigenvalue weighted by atomic mass is 10.3. The minimum Gasteiger partial charge on any atom is -0.495 e. The first-order chi connectivity index (χ1) is 6.70. The number of amides is 1. The number of benzene rings is 1. The molecule has 0 aliphatic heterocycles. The van der Waals surface area contributed by atoms with E-state index >= 15 is 0 Å². The summed E-state index contributed by atoms with van der Waals surface area (Å²) in [6.45, 7) is 0. The van der Waals surface area contributed by atoms with E-state index in [0.29, 0.717) is 11.4 Å². The van der Waals surface area contributed by atoms with Crippen molar-refractivity contribution in [1.29, 1.82) is 0 Å². The van der Waals surface area contributed by atoms with Crippen LogP contribution >= 0.6 is 0 Å². The van der Waals surface area contributed by atoms with Crippen molar-refractivity contribution in [3.63, 3.8) is 0 Å². The van der Waals surface area contributed by atoms with Crippen LogP contribution in [0.25, 0.3) is 0 Å². The number of rotatable bonds is 2. The molecule has 2 N–H and O–H groups in total. The minimum absolute atomic E-state index is 0.460. The van der Waals surface area contributed by atoms with Crippen LogP contribution in [0.3, 0.4) is 0 Å². The van der Waals surface area contributed by atoms with Crippen molar-refractivity contribution in [2.75, 3.05) is 19.2 Å². The number of carbonyl (C=O) groups is 1. The Balaban J connectivity index is 2.99. The van der Waals surface area contributed by atoms with E-state index in [2.05, 4.69) is 4.74 Å². The summed E-state index contributed by atoms with van der Waals surface area (Å²) in [6.07, 6.45) is -0.644. The van der Waals surface area contributed by atoms with E-state index in [-0.39, 0.29) is 0 Å². The molecule has 0 saturated carbocycles. The van der Waals surface area contributed by atoms with Gasteiger partial charge in [0, 0.05) is 0 Å². The van der Waals surface area contributed by atoms with Crippen LogP contribution in [0.5, 0.6) is 5.75 Å². The van der Waals surface area contributed by atoms with Gasteiger partial charge in [0.2, 0.25) is 0 Å². The van der Waals surface area contributed by atoms with Crippen molar-refractivity contribution in [1.82, 2.24) is 0 Å². The summed E-state index contributed by atoms with van der Waals surface area (Å²) in [6, 6.07) is 6.90. The van der Waals surface area contributed by atoms with Crippen LogP contribution in [-0.2, 0) is 4.74 Å². The van der Waals surface area contributed by atoms with Gasteiger partial charge in [0.25, 0.3) is 0 Å². The van der Waals surface area contributed by atoms with Gasteiger partial charge in [-0.1, -0.05) is 12.1 Å². The van der Waals surface area contributed by atoms with Gasteiger partial charge >= 0.3 is 6.09 Å². The molecule has 5 heteroatoms. The molecule has 0 aromatic heterocycles. The Labute approximate surface area is 82.0 Å². The van der Waals surface area contributed by atoms with Crippen molar-refractivity contribution < 1.29 is 14.3 Å². The van der Waals surface area contributed by atoms with Crippen LogP contribution in [-0.4, -0.2) is 20.3 Å². The van der Waals surface area contributed by atoms with Gasteiger partial charge < -0.3 is 9.47 Å². The smallest absolute Gasteiger partial charge is 0.428 e. The number of hydrogen-bond donors (Lipinski definition) is 1. The lowest BCUT2D eigenvalue weighted by Gasteiger charge is -2.17. The van der Waals surface area contributed by atoms with E-state index in [1.165, 1.54) is 14.2 Å². The second kappa shape index (κ2) is 4.48. The summed E-state index contributed by atoms with van der Waals surface area (Å²) >= 11 is 0. The maximum Gasteiger partial charge on any atom is 0.428 e. The van der Waals surface area contributed by atoms with E-state index < -0.39 is 6.09 Å². The Bertz CT molecular complexity index is 328. The second-order valence-corrected chi connectivity index (χ2v) is 2.51. The SMILES string of the molecule is COC(=O)N(N)c1ccccc1OC. The fourth-order valence-electron chi connectivity index (χ4n) is 1.03. The van der Waals surface area contributed by atoms with Gasteiger partial charge in [0.05, 0.1) is 14.2 Å². The summed E-state index contributed by atoms with van der Waals surface area (Å²) in [5.74, 6) is 6.02. The van der Waals surface area contributed by atoms with Crippen LogP contribution in [0.4, 0.5) is 10.5 Å². The van der Waals surface area contributed by atoms with Crippen molar-refractivity contribution in [2.45, 2.75) is 0 Å². The average Bonchev–Trinajstić information content (AvgIpc) is 2.26. The molecule has 0 bridgehead atoms. The van der Waals surface area contributed by atoms with Gasteiger partial charge in [-0.05, 0) is 12.1 Å². The Morgan fingerprint density at radius 3 is 2.57 bits per heavy atom. The van der Waals surface area contributed by atoms with E-state index in [1.54, 1.807) is 24.3 Å². The third-order valence-electron chi connectivity index (χ3n) is 1.72. The van der Waals surface area contributed by atoms with E-state index in [9.17, 15) is 4.79 Å². The summed E-state index contributed by atoms with van der Waals surface area (Å²) in [7, 11) is 2.77. The minimum atomic E-state index is -0.644. The fraction of sp³-hybridized carbons (Fsp3) is 0.222. The Morgan fingerprint density at radius 2 is 2.00 bits per heavy atom. The summed E-state index contributed by atoms with van der Waals surface area (Å²) < 4.78 is 9.50. The Kier molecular flexibility index (Phi) is 3.30. The standard InChI is InChI=1S/C9H12N2O3/c1-13-8-6-4-3-5-7(8)11(10)9(12)14-2/h3-6H,10H2,1-2H3. The zero-order valence-corrected chi connectivity index (χ0v) is 8.06. The van der Waals surface area contributed by atoms with Gasteiger partial charge in [0.1, 0.15) is 11.4 Å². The molecule has 0 heterocycles. The molecule has 5 nitrogen and oxygen atoms in total. The maximum absolute atomic E-state index is 11.1. The highest BCUT2D eigenvalue weighted by molar-refractivity contribution is 5.88. The summed E-state index contributed by atoms with van der Waals surface area (Å²) in [4.78, 5) is 11.1. The molecule has 0 saturated heterocycles. The Morgan fingerprint density at radius 1 is 1.36 bits per heavy atom. The fourth-order valence-corrected chi connectivity index (χ4v) is 1.03.